The zero-order valence-corrected chi connectivity index (χ0v) is 11.1. The molecule has 0 bridgehead atoms. The molecule has 1 aliphatic heterocycles. The maximum absolute atomic E-state index is 11.5. The Hall–Kier alpha value is -1.69. The molecule has 0 fully saturated rings. The van der Waals surface area contributed by atoms with Gasteiger partial charge in [-0.2, -0.15) is 0 Å². The van der Waals surface area contributed by atoms with Gasteiger partial charge in [-0.3, -0.25) is 9.59 Å². The van der Waals surface area contributed by atoms with Gasteiger partial charge in [-0.05, 0) is 11.6 Å². The summed E-state index contributed by atoms with van der Waals surface area (Å²) in [6, 6.07) is 7.81. The number of ether oxygens (including phenoxy) is 1. The number of hydrogen-bond donors (Lipinski definition) is 2. The summed E-state index contributed by atoms with van der Waals surface area (Å²) in [4.78, 5) is 21.8. The lowest BCUT2D eigenvalue weighted by Gasteiger charge is -2.11. The monoisotopic (exact) mass is 281 g/mol. The Labute approximate surface area is 115 Å². The molecule has 0 saturated carbocycles. The normalized spacial score (nSPS) is 16.5. The van der Waals surface area contributed by atoms with E-state index in [1.807, 2.05) is 24.3 Å². The lowest BCUT2D eigenvalue weighted by atomic mass is 10.1. The molecule has 19 heavy (non-hydrogen) atoms. The minimum atomic E-state index is -0.910. The topological polar surface area (TPSA) is 75.6 Å². The van der Waals surface area contributed by atoms with E-state index in [2.05, 4.69) is 5.32 Å². The van der Waals surface area contributed by atoms with Crippen LogP contribution in [0, 0.1) is 0 Å². The van der Waals surface area contributed by atoms with Crippen LogP contribution < -0.4 is 10.1 Å². The van der Waals surface area contributed by atoms with E-state index >= 15 is 0 Å². The number of hydrogen-bond acceptors (Lipinski definition) is 4. The molecule has 1 atom stereocenters. The number of benzene rings is 1. The van der Waals surface area contributed by atoms with Crippen molar-refractivity contribution < 1.29 is 19.4 Å². The van der Waals surface area contributed by atoms with E-state index in [0.29, 0.717) is 6.54 Å². The summed E-state index contributed by atoms with van der Waals surface area (Å²) in [6.45, 7) is 0.446. The van der Waals surface area contributed by atoms with Crippen LogP contribution in [0.15, 0.2) is 24.3 Å². The Bertz CT molecular complexity index is 452. The van der Waals surface area contributed by atoms with Crippen LogP contribution in [0.2, 0.25) is 0 Å². The molecular formula is C13H15NO4S. The number of aliphatic carboxylic acids is 1. The Morgan fingerprint density at radius 1 is 1.37 bits per heavy atom. The number of thioether (sulfide) groups is 1. The molecule has 0 spiro atoms. The average Bonchev–Trinajstić information content (AvgIpc) is 2.78. The Morgan fingerprint density at radius 3 is 2.89 bits per heavy atom. The van der Waals surface area contributed by atoms with Gasteiger partial charge in [-0.1, -0.05) is 18.2 Å². The summed E-state index contributed by atoms with van der Waals surface area (Å²) in [5, 5.41) is 11.2. The molecule has 1 heterocycles. The molecule has 102 valence electrons. The smallest absolute Gasteiger partial charge is 0.313 e. The van der Waals surface area contributed by atoms with E-state index in [9.17, 15) is 9.59 Å². The summed E-state index contributed by atoms with van der Waals surface area (Å²) in [5.41, 5.74) is 1.15. The van der Waals surface area contributed by atoms with Gasteiger partial charge in [0.2, 0.25) is 5.91 Å². The van der Waals surface area contributed by atoms with Crippen molar-refractivity contribution >= 4 is 23.6 Å². The zero-order valence-electron chi connectivity index (χ0n) is 10.3. The van der Waals surface area contributed by atoms with E-state index in [1.165, 1.54) is 0 Å². The van der Waals surface area contributed by atoms with Crippen LogP contribution in [0.5, 0.6) is 5.75 Å². The second-order valence-corrected chi connectivity index (χ2v) is 5.23. The van der Waals surface area contributed by atoms with E-state index in [1.54, 1.807) is 0 Å². The van der Waals surface area contributed by atoms with Gasteiger partial charge in [0.25, 0.3) is 0 Å². The maximum atomic E-state index is 11.5. The zero-order chi connectivity index (χ0) is 13.7. The van der Waals surface area contributed by atoms with E-state index in [4.69, 9.17) is 9.84 Å². The first-order valence-electron chi connectivity index (χ1n) is 5.96. The lowest BCUT2D eigenvalue weighted by molar-refractivity contribution is -0.133. The van der Waals surface area contributed by atoms with Crippen molar-refractivity contribution in [2.75, 3.05) is 18.1 Å². The molecule has 1 aliphatic rings. The highest BCUT2D eigenvalue weighted by molar-refractivity contribution is 8.00. The van der Waals surface area contributed by atoms with Gasteiger partial charge in [0, 0.05) is 6.42 Å². The van der Waals surface area contributed by atoms with Crippen molar-refractivity contribution in [2.45, 2.75) is 12.5 Å². The third-order valence-corrected chi connectivity index (χ3v) is 3.62. The van der Waals surface area contributed by atoms with Gasteiger partial charge < -0.3 is 15.2 Å². The number of amides is 1. The van der Waals surface area contributed by atoms with Crippen LogP contribution in [0.4, 0.5) is 0 Å². The number of nitrogens with one attached hydrogen (secondary N) is 1. The highest BCUT2D eigenvalue weighted by Gasteiger charge is 2.22. The molecule has 0 saturated heterocycles. The summed E-state index contributed by atoms with van der Waals surface area (Å²) in [7, 11) is 0. The largest absolute Gasteiger partial charge is 0.488 e. The SMILES string of the molecule is O=C(O)CSCC(=O)NCC1Cc2ccccc2O1. The van der Waals surface area contributed by atoms with Gasteiger partial charge in [0.05, 0.1) is 18.1 Å². The first kappa shape index (κ1) is 13.7. The van der Waals surface area contributed by atoms with Crippen molar-refractivity contribution in [3.05, 3.63) is 29.8 Å². The van der Waals surface area contributed by atoms with Gasteiger partial charge in [0.15, 0.2) is 0 Å². The number of carbonyl (C=O) groups excluding carboxylic acids is 1. The van der Waals surface area contributed by atoms with Crippen molar-refractivity contribution in [3.8, 4) is 5.75 Å². The number of carboxylic acids is 1. The van der Waals surface area contributed by atoms with Crippen LogP contribution in [-0.4, -0.2) is 41.1 Å². The Morgan fingerprint density at radius 2 is 2.16 bits per heavy atom. The second-order valence-electron chi connectivity index (χ2n) is 4.24. The molecule has 2 N–H and O–H groups in total. The number of rotatable bonds is 6. The first-order chi connectivity index (χ1) is 9.15. The van der Waals surface area contributed by atoms with Crippen molar-refractivity contribution in [1.29, 1.82) is 0 Å². The molecule has 1 unspecified atom stereocenters. The number of para-hydroxylation sites is 1. The van der Waals surface area contributed by atoms with Crippen LogP contribution in [0.25, 0.3) is 0 Å². The highest BCUT2D eigenvalue weighted by atomic mass is 32.2. The predicted octanol–water partition coefficient (Wildman–Crippen LogP) is 0.924. The Balaban J connectivity index is 1.67. The molecule has 0 radical (unpaired) electrons. The maximum Gasteiger partial charge on any atom is 0.313 e. The number of fused-ring (bicyclic) bond motifs is 1. The van der Waals surface area contributed by atoms with E-state index in [-0.39, 0.29) is 23.5 Å². The molecule has 0 aromatic heterocycles. The van der Waals surface area contributed by atoms with Gasteiger partial charge in [0.1, 0.15) is 11.9 Å². The van der Waals surface area contributed by atoms with Crippen LogP contribution >= 0.6 is 11.8 Å². The molecule has 5 nitrogen and oxygen atoms in total. The fourth-order valence-electron chi connectivity index (χ4n) is 1.88. The second kappa shape index (κ2) is 6.47. The summed E-state index contributed by atoms with van der Waals surface area (Å²) >= 11 is 1.09. The minimum Gasteiger partial charge on any atom is -0.488 e. The third kappa shape index (κ3) is 4.17. The molecule has 1 aromatic carbocycles. The number of carboxylic acid groups (broad SMARTS) is 1. The Kier molecular flexibility index (Phi) is 4.68. The summed E-state index contributed by atoms with van der Waals surface area (Å²) < 4.78 is 5.68. The van der Waals surface area contributed by atoms with Crippen molar-refractivity contribution in [2.24, 2.45) is 0 Å². The molecule has 1 amide bonds. The van der Waals surface area contributed by atoms with E-state index < -0.39 is 5.97 Å². The average molecular weight is 281 g/mol. The van der Waals surface area contributed by atoms with Crippen LogP contribution in [-0.2, 0) is 16.0 Å². The lowest BCUT2D eigenvalue weighted by Crippen LogP contribution is -2.35. The molecular weight excluding hydrogens is 266 g/mol. The van der Waals surface area contributed by atoms with Gasteiger partial charge in [-0.15, -0.1) is 11.8 Å². The van der Waals surface area contributed by atoms with Crippen LogP contribution in [0.1, 0.15) is 5.56 Å². The quantitative estimate of drug-likeness (QED) is 0.811. The van der Waals surface area contributed by atoms with Crippen LogP contribution in [0.3, 0.4) is 0 Å². The summed E-state index contributed by atoms with van der Waals surface area (Å²) in [5.74, 6) is -0.0923. The summed E-state index contributed by atoms with van der Waals surface area (Å²) in [6.07, 6.45) is 0.754. The van der Waals surface area contributed by atoms with Crippen molar-refractivity contribution in [1.82, 2.24) is 5.32 Å². The van der Waals surface area contributed by atoms with Crippen molar-refractivity contribution in [3.63, 3.8) is 0 Å². The molecule has 0 aliphatic carbocycles. The van der Waals surface area contributed by atoms with Gasteiger partial charge >= 0.3 is 5.97 Å². The fourth-order valence-corrected chi connectivity index (χ4v) is 2.44. The first-order valence-corrected chi connectivity index (χ1v) is 7.11. The molecule has 6 heteroatoms. The van der Waals surface area contributed by atoms with E-state index in [0.717, 1.165) is 29.5 Å². The molecule has 1 aromatic rings. The highest BCUT2D eigenvalue weighted by Crippen LogP contribution is 2.27. The third-order valence-electron chi connectivity index (χ3n) is 2.70. The standard InChI is InChI=1S/C13H15NO4S/c15-12(7-19-8-13(16)17)14-6-10-5-9-3-1-2-4-11(9)18-10/h1-4,10H,5-8H2,(H,14,15)(H,16,17). The number of carbonyl (C=O) groups is 2. The predicted molar refractivity (Wildman–Crippen MR) is 72.5 cm³/mol. The minimum absolute atomic E-state index is 0.0363. The fraction of sp³-hybridized carbons (Fsp3) is 0.385. The van der Waals surface area contributed by atoms with Gasteiger partial charge in [-0.25, -0.2) is 0 Å². The molecule has 2 rings (SSSR count).